The molecule has 30 heavy (non-hydrogen) atoms. The number of carbonyl (C=O) groups is 1. The Bertz CT molecular complexity index is 1120. The summed E-state index contributed by atoms with van der Waals surface area (Å²) in [6.45, 7) is 4.88. The number of amides is 1. The predicted octanol–water partition coefficient (Wildman–Crippen LogP) is 6.75. The Morgan fingerprint density at radius 2 is 1.67 bits per heavy atom. The first-order chi connectivity index (χ1) is 14.6. The second kappa shape index (κ2) is 9.45. The largest absolute Gasteiger partial charge is 0.283 e. The number of carbonyl (C=O) groups excluding carboxylic acids is 1. The van der Waals surface area contributed by atoms with Gasteiger partial charge in [-0.1, -0.05) is 85.8 Å². The summed E-state index contributed by atoms with van der Waals surface area (Å²) in [5, 5.41) is 0.764. The summed E-state index contributed by atoms with van der Waals surface area (Å²) in [5.74, 6) is 0.831. The molecule has 0 unspecified atom stereocenters. The van der Waals surface area contributed by atoms with Crippen LogP contribution in [0.5, 0.6) is 0 Å². The van der Waals surface area contributed by atoms with Crippen LogP contribution in [0.2, 0.25) is 0 Å². The molecule has 3 nitrogen and oxygen atoms in total. The molecule has 0 aliphatic heterocycles. The van der Waals surface area contributed by atoms with E-state index in [0.29, 0.717) is 18.2 Å². The molecule has 4 aromatic rings. The molecular formula is C25H24N2OS2. The number of anilines is 1. The van der Waals surface area contributed by atoms with E-state index in [9.17, 15) is 4.79 Å². The van der Waals surface area contributed by atoms with Crippen LogP contribution in [-0.4, -0.2) is 16.6 Å². The standard InChI is InChI=1S/C25H24N2OS2/c1-18(2)21-14-9-15-22-24(21)26-25(30-22)27(16-19-10-5-3-6-11-19)23(28)17-29-20-12-7-4-8-13-20/h3-15,18H,16-17H2,1-2H3. The van der Waals surface area contributed by atoms with Gasteiger partial charge >= 0.3 is 0 Å². The average molecular weight is 433 g/mol. The summed E-state index contributed by atoms with van der Waals surface area (Å²) in [7, 11) is 0. The van der Waals surface area contributed by atoms with Gasteiger partial charge in [0.1, 0.15) is 0 Å². The van der Waals surface area contributed by atoms with Crippen LogP contribution in [0, 0.1) is 0 Å². The van der Waals surface area contributed by atoms with Gasteiger partial charge in [-0.25, -0.2) is 4.98 Å². The third kappa shape index (κ3) is 4.74. The molecule has 0 N–H and O–H groups in total. The SMILES string of the molecule is CC(C)c1cccc2sc(N(Cc3ccccc3)C(=O)CSc3ccccc3)nc12. The highest BCUT2D eigenvalue weighted by Crippen LogP contribution is 2.34. The quantitative estimate of drug-likeness (QED) is 0.303. The van der Waals surface area contributed by atoms with Crippen molar-refractivity contribution in [2.45, 2.75) is 31.2 Å². The lowest BCUT2D eigenvalue weighted by atomic mass is 10.0. The van der Waals surface area contributed by atoms with Crippen molar-refractivity contribution in [2.75, 3.05) is 10.7 Å². The minimum absolute atomic E-state index is 0.0675. The van der Waals surface area contributed by atoms with Crippen molar-refractivity contribution in [1.29, 1.82) is 0 Å². The van der Waals surface area contributed by atoms with Gasteiger partial charge < -0.3 is 0 Å². The lowest BCUT2D eigenvalue weighted by molar-refractivity contribution is -0.116. The predicted molar refractivity (Wildman–Crippen MR) is 129 cm³/mol. The Kier molecular flexibility index (Phi) is 6.50. The number of thioether (sulfide) groups is 1. The van der Waals surface area contributed by atoms with E-state index >= 15 is 0 Å². The fourth-order valence-electron chi connectivity index (χ4n) is 3.31. The van der Waals surface area contributed by atoms with Crippen LogP contribution in [0.4, 0.5) is 5.13 Å². The molecular weight excluding hydrogens is 408 g/mol. The number of hydrogen-bond donors (Lipinski definition) is 0. The number of hydrogen-bond acceptors (Lipinski definition) is 4. The van der Waals surface area contributed by atoms with Crippen LogP contribution in [0.3, 0.4) is 0 Å². The molecule has 0 aliphatic carbocycles. The molecule has 0 fully saturated rings. The molecule has 1 aromatic heterocycles. The second-order valence-electron chi connectivity index (χ2n) is 7.41. The molecule has 0 bridgehead atoms. The van der Waals surface area contributed by atoms with Crippen LogP contribution in [0.15, 0.2) is 83.8 Å². The maximum atomic E-state index is 13.3. The molecule has 0 radical (unpaired) electrons. The lowest BCUT2D eigenvalue weighted by Crippen LogP contribution is -2.31. The van der Waals surface area contributed by atoms with E-state index in [0.717, 1.165) is 25.8 Å². The fourth-order valence-corrected chi connectivity index (χ4v) is 5.12. The molecule has 5 heteroatoms. The Morgan fingerprint density at radius 3 is 2.37 bits per heavy atom. The normalized spacial score (nSPS) is 11.2. The van der Waals surface area contributed by atoms with Gasteiger partial charge in [0.05, 0.1) is 22.5 Å². The summed E-state index contributed by atoms with van der Waals surface area (Å²) in [5.41, 5.74) is 3.33. The van der Waals surface area contributed by atoms with E-state index < -0.39 is 0 Å². The zero-order chi connectivity index (χ0) is 20.9. The lowest BCUT2D eigenvalue weighted by Gasteiger charge is -2.20. The number of fused-ring (bicyclic) bond motifs is 1. The molecule has 0 atom stereocenters. The van der Waals surface area contributed by atoms with Crippen molar-refractivity contribution in [1.82, 2.24) is 4.98 Å². The maximum Gasteiger partial charge on any atom is 0.239 e. The fraction of sp³-hybridized carbons (Fsp3) is 0.200. The molecule has 1 heterocycles. The van der Waals surface area contributed by atoms with Gasteiger partial charge in [-0.05, 0) is 35.2 Å². The van der Waals surface area contributed by atoms with Crippen molar-refractivity contribution in [3.8, 4) is 0 Å². The van der Waals surface area contributed by atoms with E-state index in [1.165, 1.54) is 5.56 Å². The van der Waals surface area contributed by atoms with Crippen molar-refractivity contribution < 1.29 is 4.79 Å². The van der Waals surface area contributed by atoms with Gasteiger partial charge in [0.15, 0.2) is 5.13 Å². The summed E-state index contributed by atoms with van der Waals surface area (Å²) < 4.78 is 1.12. The zero-order valence-electron chi connectivity index (χ0n) is 17.1. The first-order valence-electron chi connectivity index (χ1n) is 10.0. The smallest absolute Gasteiger partial charge is 0.239 e. The van der Waals surface area contributed by atoms with Crippen molar-refractivity contribution in [3.63, 3.8) is 0 Å². The molecule has 0 saturated heterocycles. The van der Waals surface area contributed by atoms with Crippen LogP contribution < -0.4 is 4.90 Å². The van der Waals surface area contributed by atoms with E-state index in [1.54, 1.807) is 23.1 Å². The molecule has 0 aliphatic rings. The molecule has 152 valence electrons. The third-order valence-electron chi connectivity index (χ3n) is 4.88. The summed E-state index contributed by atoms with van der Waals surface area (Å²) in [4.78, 5) is 21.1. The molecule has 4 rings (SSSR count). The highest BCUT2D eigenvalue weighted by atomic mass is 32.2. The highest BCUT2D eigenvalue weighted by Gasteiger charge is 2.21. The number of para-hydroxylation sites is 1. The minimum atomic E-state index is 0.0675. The Balaban J connectivity index is 1.65. The van der Waals surface area contributed by atoms with Crippen LogP contribution in [0.25, 0.3) is 10.2 Å². The van der Waals surface area contributed by atoms with E-state index in [1.807, 2.05) is 53.4 Å². The van der Waals surface area contributed by atoms with Gasteiger partial charge in [-0.3, -0.25) is 9.69 Å². The highest BCUT2D eigenvalue weighted by molar-refractivity contribution is 8.00. The van der Waals surface area contributed by atoms with E-state index in [2.05, 4.69) is 44.2 Å². The zero-order valence-corrected chi connectivity index (χ0v) is 18.7. The number of thiazole rings is 1. The first kappa shape index (κ1) is 20.6. The second-order valence-corrected chi connectivity index (χ2v) is 9.47. The molecule has 1 amide bonds. The van der Waals surface area contributed by atoms with E-state index in [-0.39, 0.29) is 5.91 Å². The van der Waals surface area contributed by atoms with E-state index in [4.69, 9.17) is 4.98 Å². The molecule has 0 saturated carbocycles. The van der Waals surface area contributed by atoms with Crippen LogP contribution >= 0.6 is 23.1 Å². The monoisotopic (exact) mass is 432 g/mol. The van der Waals surface area contributed by atoms with Crippen LogP contribution in [0.1, 0.15) is 30.9 Å². The van der Waals surface area contributed by atoms with Crippen molar-refractivity contribution in [3.05, 3.63) is 90.0 Å². The summed E-state index contributed by atoms with van der Waals surface area (Å²) in [6, 6.07) is 26.5. The van der Waals surface area contributed by atoms with Gasteiger partial charge in [-0.2, -0.15) is 0 Å². The summed E-state index contributed by atoms with van der Waals surface area (Å²) in [6.07, 6.45) is 0. The van der Waals surface area contributed by atoms with Crippen molar-refractivity contribution >= 4 is 44.4 Å². The molecule has 0 spiro atoms. The van der Waals surface area contributed by atoms with Gasteiger partial charge in [0.2, 0.25) is 5.91 Å². The number of benzene rings is 3. The molecule has 3 aromatic carbocycles. The summed E-state index contributed by atoms with van der Waals surface area (Å²) >= 11 is 3.15. The van der Waals surface area contributed by atoms with Crippen molar-refractivity contribution in [2.24, 2.45) is 0 Å². The Hall–Kier alpha value is -2.63. The maximum absolute atomic E-state index is 13.3. The van der Waals surface area contributed by atoms with Gasteiger partial charge in [-0.15, -0.1) is 11.8 Å². The Morgan fingerprint density at radius 1 is 0.967 bits per heavy atom. The third-order valence-corrected chi connectivity index (χ3v) is 6.92. The minimum Gasteiger partial charge on any atom is -0.283 e. The number of rotatable bonds is 7. The van der Waals surface area contributed by atoms with Gasteiger partial charge in [0, 0.05) is 4.90 Å². The first-order valence-corrected chi connectivity index (χ1v) is 11.8. The number of aromatic nitrogens is 1. The van der Waals surface area contributed by atoms with Crippen LogP contribution in [-0.2, 0) is 11.3 Å². The van der Waals surface area contributed by atoms with Gasteiger partial charge in [0.25, 0.3) is 0 Å². The topological polar surface area (TPSA) is 33.2 Å². The number of nitrogens with zero attached hydrogens (tertiary/aromatic N) is 2. The average Bonchev–Trinajstić information content (AvgIpc) is 3.21. The Labute approximate surface area is 185 Å².